The van der Waals surface area contributed by atoms with Gasteiger partial charge in [0.25, 0.3) is 0 Å². The first-order valence-corrected chi connectivity index (χ1v) is 12.0. The second kappa shape index (κ2) is 13.5. The fraction of sp³-hybridized carbons (Fsp3) is 0.222. The largest absolute Gasteiger partial charge is 3.00 e. The zero-order chi connectivity index (χ0) is 26.2. The fourth-order valence-corrected chi connectivity index (χ4v) is 3.98. The Morgan fingerprint density at radius 2 is 0.974 bits per heavy atom. The van der Waals surface area contributed by atoms with Gasteiger partial charge in [-0.05, 0) is 49.2 Å². The third kappa shape index (κ3) is 8.36. The van der Waals surface area contributed by atoms with Crippen molar-refractivity contribution in [3.63, 3.8) is 0 Å². The number of hydrogen-bond acceptors (Lipinski definition) is 7. The van der Waals surface area contributed by atoms with E-state index in [1.807, 2.05) is 13.7 Å². The molecule has 0 fully saturated rings. The minimum absolute atomic E-state index is 0. The summed E-state index contributed by atoms with van der Waals surface area (Å²) in [6.45, 7) is 6.80. The molecule has 6 aromatic heterocycles. The van der Waals surface area contributed by atoms with Gasteiger partial charge in [0, 0.05) is 19.6 Å². The summed E-state index contributed by atoms with van der Waals surface area (Å²) in [7, 11) is 0. The maximum Gasteiger partial charge on any atom is 3.00 e. The zero-order valence-corrected chi connectivity index (χ0v) is 23.9. The summed E-state index contributed by atoms with van der Waals surface area (Å²) in [6, 6.07) is 8.28. The third-order valence-electron chi connectivity index (χ3n) is 5.45. The minimum Gasteiger partial charge on any atom is -0.496 e. The molecule has 6 aromatic rings. The molecule has 0 aromatic carbocycles. The van der Waals surface area contributed by atoms with Gasteiger partial charge in [0.2, 0.25) is 0 Å². The molecule has 0 saturated carbocycles. The van der Waals surface area contributed by atoms with Gasteiger partial charge in [0.1, 0.15) is 12.7 Å². The summed E-state index contributed by atoms with van der Waals surface area (Å²) in [6.07, 6.45) is 22.4. The van der Waals surface area contributed by atoms with Gasteiger partial charge in [0.05, 0.1) is 29.3 Å². The number of aryl methyl sites for hydroxylation is 2. The summed E-state index contributed by atoms with van der Waals surface area (Å²) in [4.78, 5) is 25.2. The Hall–Kier alpha value is -4.28. The molecule has 39 heavy (non-hydrogen) atoms. The molecule has 198 valence electrons. The Balaban J connectivity index is 0.000000176. The van der Waals surface area contributed by atoms with Crippen LogP contribution in [-0.4, -0.2) is 53.4 Å². The molecule has 0 spiro atoms. The molecule has 0 bridgehead atoms. The molecule has 0 atom stereocenters. The van der Waals surface area contributed by atoms with Crippen LogP contribution in [0.15, 0.2) is 74.5 Å². The summed E-state index contributed by atoms with van der Waals surface area (Å²) in [5.74, 6) is 0. The van der Waals surface area contributed by atoms with Crippen molar-refractivity contribution < 1.29 is 20.1 Å². The number of aromatic nitrogens is 11. The molecule has 11 nitrogen and oxygen atoms in total. The monoisotopic (exact) mass is 697 g/mol. The van der Waals surface area contributed by atoms with Crippen molar-refractivity contribution in [1.82, 2.24) is 53.4 Å². The topological polar surface area (TPSA) is 110 Å². The van der Waals surface area contributed by atoms with Crippen LogP contribution < -0.4 is 0 Å². The van der Waals surface area contributed by atoms with Gasteiger partial charge in [-0.2, -0.15) is 23.7 Å². The Labute approximate surface area is 240 Å². The quantitative estimate of drug-likeness (QED) is 0.225. The van der Waals surface area contributed by atoms with Crippen LogP contribution in [0, 0.1) is 32.4 Å². The van der Waals surface area contributed by atoms with Crippen LogP contribution >= 0.6 is 0 Å². The molecule has 0 saturated heterocycles. The Morgan fingerprint density at radius 1 is 0.564 bits per heavy atom. The smallest absolute Gasteiger partial charge is 0.496 e. The molecule has 0 aliphatic carbocycles. The molecule has 0 radical (unpaired) electrons. The standard InChI is InChI=1S/C14H13N5.C13H13N6.Ir/c1-12-6-13(8-18-4-2-15-10-18)17-14(7-12)9-19-5-3-16-11-19;1-11-4-12(6-18-3-2-14-9-18)17-13(5-11)7-19-10-15-8-16-19;/h2-3,6-7,10-11H,8-9H2,1H3;2,4-5,8-10H,6-7H2,1H3;/q-2;-1;+3. The molecule has 0 aliphatic rings. The first kappa shape index (κ1) is 27.7. The van der Waals surface area contributed by atoms with E-state index in [-0.39, 0.29) is 20.1 Å². The van der Waals surface area contributed by atoms with Crippen LogP contribution in [0.25, 0.3) is 0 Å². The summed E-state index contributed by atoms with van der Waals surface area (Å²) < 4.78 is 7.40. The Bertz CT molecular complexity index is 1300. The van der Waals surface area contributed by atoms with E-state index in [1.165, 1.54) is 17.5 Å². The molecule has 0 aliphatic heterocycles. The predicted octanol–water partition coefficient (Wildman–Crippen LogP) is 2.55. The second-order valence-corrected chi connectivity index (χ2v) is 8.80. The number of imidazole rings is 3. The van der Waals surface area contributed by atoms with Gasteiger partial charge in [-0.1, -0.05) is 37.6 Å². The van der Waals surface area contributed by atoms with Gasteiger partial charge < -0.3 is 28.7 Å². The van der Waals surface area contributed by atoms with Gasteiger partial charge >= 0.3 is 20.1 Å². The van der Waals surface area contributed by atoms with E-state index in [0.717, 1.165) is 22.8 Å². The Morgan fingerprint density at radius 3 is 1.31 bits per heavy atom. The van der Waals surface area contributed by atoms with Crippen LogP contribution in [0.2, 0.25) is 0 Å². The first-order chi connectivity index (χ1) is 18.6. The number of hydrogen-bond donors (Lipinski definition) is 0. The van der Waals surface area contributed by atoms with Crippen LogP contribution in [-0.2, 0) is 46.3 Å². The Kier molecular flexibility index (Phi) is 9.60. The van der Waals surface area contributed by atoms with Crippen molar-refractivity contribution in [2.75, 3.05) is 0 Å². The van der Waals surface area contributed by atoms with Crippen molar-refractivity contribution in [3.8, 4) is 0 Å². The molecule has 6 rings (SSSR count). The van der Waals surface area contributed by atoms with Crippen LogP contribution in [0.1, 0.15) is 33.9 Å². The van der Waals surface area contributed by atoms with Crippen LogP contribution in [0.4, 0.5) is 0 Å². The van der Waals surface area contributed by atoms with Crippen molar-refractivity contribution >= 4 is 0 Å². The van der Waals surface area contributed by atoms with Gasteiger partial charge in [0.15, 0.2) is 0 Å². The van der Waals surface area contributed by atoms with Crippen molar-refractivity contribution in [2.24, 2.45) is 0 Å². The second-order valence-electron chi connectivity index (χ2n) is 8.80. The van der Waals surface area contributed by atoms with E-state index in [1.54, 1.807) is 48.6 Å². The van der Waals surface area contributed by atoms with E-state index in [9.17, 15) is 0 Å². The number of nitrogens with zero attached hydrogens (tertiary/aromatic N) is 11. The maximum absolute atomic E-state index is 4.65. The van der Waals surface area contributed by atoms with Gasteiger partial charge in [-0.25, -0.2) is 9.67 Å². The molecule has 6 heterocycles. The van der Waals surface area contributed by atoms with E-state index >= 15 is 0 Å². The van der Waals surface area contributed by atoms with E-state index in [4.69, 9.17) is 0 Å². The van der Waals surface area contributed by atoms with E-state index in [0.29, 0.717) is 26.2 Å². The van der Waals surface area contributed by atoms with Crippen LogP contribution in [0.5, 0.6) is 0 Å². The summed E-state index contributed by atoms with van der Waals surface area (Å²) in [5.41, 5.74) is 6.35. The molecule has 12 heteroatoms. The average Bonchev–Trinajstić information content (AvgIpc) is 3.69. The molecule has 0 N–H and O–H groups in total. The molecule has 0 unspecified atom stereocenters. The average molecular weight is 697 g/mol. The molecular formula is C27H26IrN11. The fourth-order valence-electron chi connectivity index (χ4n) is 3.98. The summed E-state index contributed by atoms with van der Waals surface area (Å²) in [5, 5.41) is 4.09. The predicted molar refractivity (Wildman–Crippen MR) is 138 cm³/mol. The van der Waals surface area contributed by atoms with Gasteiger partial charge in [-0.15, -0.1) is 0 Å². The molecular weight excluding hydrogens is 671 g/mol. The molecule has 0 amide bonds. The summed E-state index contributed by atoms with van der Waals surface area (Å²) >= 11 is 0. The van der Waals surface area contributed by atoms with E-state index in [2.05, 4.69) is 91.7 Å². The van der Waals surface area contributed by atoms with Crippen LogP contribution in [0.3, 0.4) is 0 Å². The third-order valence-corrected chi connectivity index (χ3v) is 5.45. The van der Waals surface area contributed by atoms with Crippen molar-refractivity contribution in [2.45, 2.75) is 40.0 Å². The maximum atomic E-state index is 4.65. The van der Waals surface area contributed by atoms with Crippen molar-refractivity contribution in [3.05, 3.63) is 127 Å². The van der Waals surface area contributed by atoms with Crippen molar-refractivity contribution in [1.29, 1.82) is 0 Å². The normalized spacial score (nSPS) is 10.5. The number of pyridine rings is 2. The van der Waals surface area contributed by atoms with E-state index < -0.39 is 0 Å². The van der Waals surface area contributed by atoms with Gasteiger partial charge in [-0.3, -0.25) is 9.97 Å². The first-order valence-electron chi connectivity index (χ1n) is 12.0. The number of rotatable bonds is 8. The zero-order valence-electron chi connectivity index (χ0n) is 21.5. The SMILES string of the molecule is Cc1cc(Cn2[c-]cnc2)nc(Cn2[c-]cnc2)c1.Cc1cc(Cn2[c-]cnc2)nc(Cn2cncn2)c1.[Ir+3]. The minimum atomic E-state index is 0.